The number of carbonyl (C=O) groups excluding carboxylic acids is 1. The summed E-state index contributed by atoms with van der Waals surface area (Å²) in [5, 5.41) is 6.29. The van der Waals surface area contributed by atoms with Crippen molar-refractivity contribution in [2.24, 2.45) is 5.92 Å². The fourth-order valence-corrected chi connectivity index (χ4v) is 2.80. The third-order valence-corrected chi connectivity index (χ3v) is 4.21. The minimum absolute atomic E-state index is 0.160. The number of hydrogen-bond donors (Lipinski definition) is 2. The van der Waals surface area contributed by atoms with Crippen molar-refractivity contribution in [1.29, 1.82) is 0 Å². The van der Waals surface area contributed by atoms with Gasteiger partial charge in [0.2, 0.25) is 5.91 Å². The van der Waals surface area contributed by atoms with E-state index in [4.69, 9.17) is 0 Å². The molecule has 4 heteroatoms. The minimum Gasteiger partial charge on any atom is -0.359 e. The number of carbonyl (C=O) groups is 1. The van der Waals surface area contributed by atoms with Crippen LogP contribution in [-0.4, -0.2) is 50.1 Å². The zero-order chi connectivity index (χ0) is 14.1. The largest absolute Gasteiger partial charge is 0.359 e. The highest BCUT2D eigenvalue weighted by molar-refractivity contribution is 5.75. The van der Waals surface area contributed by atoms with Gasteiger partial charge in [0, 0.05) is 19.5 Å². The Morgan fingerprint density at radius 1 is 1.37 bits per heavy atom. The van der Waals surface area contributed by atoms with E-state index in [1.54, 1.807) is 7.05 Å². The number of piperidine rings is 1. The summed E-state index contributed by atoms with van der Waals surface area (Å²) < 4.78 is 0. The zero-order valence-corrected chi connectivity index (χ0v) is 12.9. The molecule has 1 aliphatic rings. The lowest BCUT2D eigenvalue weighted by atomic mass is 9.90. The van der Waals surface area contributed by atoms with Gasteiger partial charge in [0.15, 0.2) is 0 Å². The van der Waals surface area contributed by atoms with Gasteiger partial charge >= 0.3 is 0 Å². The Morgan fingerprint density at radius 2 is 2.05 bits per heavy atom. The first-order valence-electron chi connectivity index (χ1n) is 7.83. The maximum Gasteiger partial charge on any atom is 0.219 e. The number of nitrogens with zero attached hydrogens (tertiary/aromatic N) is 1. The molecule has 0 aromatic carbocycles. The van der Waals surface area contributed by atoms with E-state index >= 15 is 0 Å². The summed E-state index contributed by atoms with van der Waals surface area (Å²) in [5.41, 5.74) is 0. The first-order valence-corrected chi connectivity index (χ1v) is 7.83. The van der Waals surface area contributed by atoms with Gasteiger partial charge in [-0.15, -0.1) is 0 Å². The van der Waals surface area contributed by atoms with E-state index in [9.17, 15) is 4.79 Å². The highest BCUT2D eigenvalue weighted by Crippen LogP contribution is 2.20. The molecule has 1 heterocycles. The second kappa shape index (κ2) is 9.32. The average Bonchev–Trinajstić information content (AvgIpc) is 2.45. The molecule has 1 aliphatic heterocycles. The molecule has 2 N–H and O–H groups in total. The molecule has 0 aromatic heterocycles. The molecule has 4 nitrogen and oxygen atoms in total. The van der Waals surface area contributed by atoms with Gasteiger partial charge in [0.1, 0.15) is 0 Å². The Hall–Kier alpha value is -0.610. The molecule has 0 radical (unpaired) electrons. The fourth-order valence-electron chi connectivity index (χ4n) is 2.80. The van der Waals surface area contributed by atoms with Gasteiger partial charge in [-0.25, -0.2) is 0 Å². The van der Waals surface area contributed by atoms with Crippen LogP contribution in [0.25, 0.3) is 0 Å². The van der Waals surface area contributed by atoms with Gasteiger partial charge in [-0.1, -0.05) is 6.92 Å². The lowest BCUT2D eigenvalue weighted by Crippen LogP contribution is -2.42. The predicted molar refractivity (Wildman–Crippen MR) is 80.2 cm³/mol. The molecule has 19 heavy (non-hydrogen) atoms. The molecule has 0 spiro atoms. The Kier molecular flexibility index (Phi) is 8.07. The Balaban J connectivity index is 2.12. The standard InChI is InChI=1S/C15H31N3O/c1-4-9-17-13(2)14-7-11-18(12-8-14)10-5-6-15(19)16-3/h13-14,17H,4-12H2,1-3H3,(H,16,19). The maximum atomic E-state index is 11.2. The molecule has 0 aromatic rings. The second-order valence-electron chi connectivity index (χ2n) is 5.70. The van der Waals surface area contributed by atoms with Crippen molar-refractivity contribution in [2.45, 2.75) is 52.0 Å². The monoisotopic (exact) mass is 269 g/mol. The van der Waals surface area contributed by atoms with E-state index in [1.165, 1.54) is 32.4 Å². The van der Waals surface area contributed by atoms with Crippen LogP contribution in [0.15, 0.2) is 0 Å². The molecule has 1 fully saturated rings. The van der Waals surface area contributed by atoms with Crippen LogP contribution < -0.4 is 10.6 Å². The van der Waals surface area contributed by atoms with Crippen molar-refractivity contribution in [3.8, 4) is 0 Å². The van der Waals surface area contributed by atoms with E-state index < -0.39 is 0 Å². The number of rotatable bonds is 8. The lowest BCUT2D eigenvalue weighted by molar-refractivity contribution is -0.120. The molecule has 1 amide bonds. The van der Waals surface area contributed by atoms with E-state index in [2.05, 4.69) is 29.4 Å². The van der Waals surface area contributed by atoms with Crippen LogP contribution in [0, 0.1) is 5.92 Å². The van der Waals surface area contributed by atoms with Crippen molar-refractivity contribution in [1.82, 2.24) is 15.5 Å². The molecule has 1 unspecified atom stereocenters. The van der Waals surface area contributed by atoms with E-state index in [0.29, 0.717) is 12.5 Å². The molecule has 1 rings (SSSR count). The summed E-state index contributed by atoms with van der Waals surface area (Å²) in [7, 11) is 1.71. The fraction of sp³-hybridized carbons (Fsp3) is 0.933. The first kappa shape index (κ1) is 16.4. The molecule has 0 aliphatic carbocycles. The van der Waals surface area contributed by atoms with Crippen molar-refractivity contribution >= 4 is 5.91 Å². The third-order valence-electron chi connectivity index (χ3n) is 4.21. The van der Waals surface area contributed by atoms with Crippen molar-refractivity contribution < 1.29 is 4.79 Å². The topological polar surface area (TPSA) is 44.4 Å². The Morgan fingerprint density at radius 3 is 2.63 bits per heavy atom. The normalized spacial score (nSPS) is 19.3. The maximum absolute atomic E-state index is 11.2. The summed E-state index contributed by atoms with van der Waals surface area (Å²) in [6, 6.07) is 0.646. The van der Waals surface area contributed by atoms with Crippen LogP contribution in [0.5, 0.6) is 0 Å². The van der Waals surface area contributed by atoms with Gasteiger partial charge in [0.25, 0.3) is 0 Å². The smallest absolute Gasteiger partial charge is 0.219 e. The highest BCUT2D eigenvalue weighted by atomic mass is 16.1. The van der Waals surface area contributed by atoms with Crippen LogP contribution in [0.4, 0.5) is 0 Å². The third kappa shape index (κ3) is 6.39. The minimum atomic E-state index is 0.160. The number of amides is 1. The van der Waals surface area contributed by atoms with E-state index in [-0.39, 0.29) is 5.91 Å². The molecular weight excluding hydrogens is 238 g/mol. The average molecular weight is 269 g/mol. The molecule has 1 saturated heterocycles. The van der Waals surface area contributed by atoms with E-state index in [0.717, 1.165) is 25.4 Å². The highest BCUT2D eigenvalue weighted by Gasteiger charge is 2.23. The van der Waals surface area contributed by atoms with Gasteiger partial charge in [-0.3, -0.25) is 4.79 Å². The summed E-state index contributed by atoms with van der Waals surface area (Å²) in [6.07, 6.45) is 5.43. The zero-order valence-electron chi connectivity index (χ0n) is 12.9. The summed E-state index contributed by atoms with van der Waals surface area (Å²) in [4.78, 5) is 13.7. The summed E-state index contributed by atoms with van der Waals surface area (Å²) in [6.45, 7) is 9.12. The molecule has 1 atom stereocenters. The van der Waals surface area contributed by atoms with Gasteiger partial charge in [-0.2, -0.15) is 0 Å². The summed E-state index contributed by atoms with van der Waals surface area (Å²) >= 11 is 0. The van der Waals surface area contributed by atoms with Crippen molar-refractivity contribution in [3.63, 3.8) is 0 Å². The van der Waals surface area contributed by atoms with Gasteiger partial charge in [0.05, 0.1) is 0 Å². The second-order valence-corrected chi connectivity index (χ2v) is 5.70. The van der Waals surface area contributed by atoms with Crippen LogP contribution in [0.1, 0.15) is 46.0 Å². The Labute approximate surface area is 118 Å². The van der Waals surface area contributed by atoms with Crippen molar-refractivity contribution in [3.05, 3.63) is 0 Å². The van der Waals surface area contributed by atoms with E-state index in [1.807, 2.05) is 0 Å². The quantitative estimate of drug-likeness (QED) is 0.704. The number of nitrogens with one attached hydrogen (secondary N) is 2. The van der Waals surface area contributed by atoms with Crippen molar-refractivity contribution in [2.75, 3.05) is 33.2 Å². The van der Waals surface area contributed by atoms with Crippen LogP contribution >= 0.6 is 0 Å². The lowest BCUT2D eigenvalue weighted by Gasteiger charge is -2.35. The molecule has 0 bridgehead atoms. The van der Waals surface area contributed by atoms with Crippen LogP contribution in [-0.2, 0) is 4.79 Å². The predicted octanol–water partition coefficient (Wildman–Crippen LogP) is 1.61. The number of hydrogen-bond acceptors (Lipinski definition) is 3. The SMILES string of the molecule is CCCNC(C)C1CCN(CCCC(=O)NC)CC1. The number of likely N-dealkylation sites (tertiary alicyclic amines) is 1. The first-order chi connectivity index (χ1) is 9.17. The van der Waals surface area contributed by atoms with Crippen LogP contribution in [0.3, 0.4) is 0 Å². The molecule has 0 saturated carbocycles. The van der Waals surface area contributed by atoms with Crippen LogP contribution in [0.2, 0.25) is 0 Å². The van der Waals surface area contributed by atoms with Gasteiger partial charge < -0.3 is 15.5 Å². The van der Waals surface area contributed by atoms with Gasteiger partial charge in [-0.05, 0) is 64.7 Å². The summed E-state index contributed by atoms with van der Waals surface area (Å²) in [5.74, 6) is 0.981. The molecule has 112 valence electrons. The molecular formula is C15H31N3O. The Bertz CT molecular complexity index is 250.